The molecule has 0 saturated carbocycles. The Balaban J connectivity index is 1.74. The Bertz CT molecular complexity index is 1010. The molecule has 0 atom stereocenters. The van der Waals surface area contributed by atoms with Gasteiger partial charge in [-0.1, -0.05) is 60.1 Å². The predicted molar refractivity (Wildman–Crippen MR) is 121 cm³/mol. The molecule has 1 amide bonds. The molecule has 0 aliphatic carbocycles. The van der Waals surface area contributed by atoms with Crippen LogP contribution in [0, 0.1) is 20.8 Å². The van der Waals surface area contributed by atoms with Gasteiger partial charge in [0.05, 0.1) is 16.5 Å². The first-order valence-corrected chi connectivity index (χ1v) is 10.9. The van der Waals surface area contributed by atoms with E-state index in [0.717, 1.165) is 40.6 Å². The van der Waals surface area contributed by atoms with Crippen LogP contribution in [0.3, 0.4) is 0 Å². The molecule has 0 radical (unpaired) electrons. The Morgan fingerprint density at radius 1 is 1.14 bits per heavy atom. The van der Waals surface area contributed by atoms with Gasteiger partial charge in [-0.3, -0.25) is 4.79 Å². The molecule has 29 heavy (non-hydrogen) atoms. The van der Waals surface area contributed by atoms with Gasteiger partial charge in [0.1, 0.15) is 0 Å². The lowest BCUT2D eigenvalue weighted by atomic mass is 10.1. The smallest absolute Gasteiger partial charge is 0.234 e. The van der Waals surface area contributed by atoms with Crippen LogP contribution in [0.4, 0.5) is 5.69 Å². The number of thioether (sulfide) groups is 1. The van der Waals surface area contributed by atoms with Crippen LogP contribution in [0.1, 0.15) is 30.0 Å². The number of amides is 1. The van der Waals surface area contributed by atoms with Crippen molar-refractivity contribution in [3.8, 4) is 11.4 Å². The summed E-state index contributed by atoms with van der Waals surface area (Å²) >= 11 is 7.68. The van der Waals surface area contributed by atoms with Crippen LogP contribution in [0.5, 0.6) is 0 Å². The first-order chi connectivity index (χ1) is 13.9. The molecule has 1 heterocycles. The van der Waals surface area contributed by atoms with E-state index < -0.39 is 0 Å². The van der Waals surface area contributed by atoms with Gasteiger partial charge in [0.25, 0.3) is 0 Å². The summed E-state index contributed by atoms with van der Waals surface area (Å²) in [5, 5.41) is 12.9. The lowest BCUT2D eigenvalue weighted by Crippen LogP contribution is -2.16. The highest BCUT2D eigenvalue weighted by atomic mass is 35.5. The molecule has 0 unspecified atom stereocenters. The Hall–Kier alpha value is -2.31. The number of carbonyl (C=O) groups is 1. The second kappa shape index (κ2) is 9.46. The van der Waals surface area contributed by atoms with Crippen LogP contribution in [0.15, 0.2) is 41.6 Å². The topological polar surface area (TPSA) is 59.8 Å². The first kappa shape index (κ1) is 21.4. The van der Waals surface area contributed by atoms with Crippen molar-refractivity contribution < 1.29 is 4.79 Å². The molecular weight excluding hydrogens is 404 g/mol. The molecular formula is C22H25ClN4OS. The van der Waals surface area contributed by atoms with Crippen LogP contribution in [-0.2, 0) is 11.3 Å². The minimum Gasteiger partial charge on any atom is -0.324 e. The second-order valence-electron chi connectivity index (χ2n) is 7.10. The summed E-state index contributed by atoms with van der Waals surface area (Å²) in [7, 11) is 0. The van der Waals surface area contributed by atoms with Gasteiger partial charge in [-0.2, -0.15) is 0 Å². The van der Waals surface area contributed by atoms with Crippen LogP contribution in [0.25, 0.3) is 11.4 Å². The van der Waals surface area contributed by atoms with Crippen molar-refractivity contribution >= 4 is 35.0 Å². The zero-order valence-electron chi connectivity index (χ0n) is 17.1. The minimum absolute atomic E-state index is 0.119. The van der Waals surface area contributed by atoms with E-state index in [-0.39, 0.29) is 11.7 Å². The van der Waals surface area contributed by atoms with Crippen LogP contribution < -0.4 is 5.32 Å². The molecule has 7 heteroatoms. The zero-order chi connectivity index (χ0) is 21.0. The highest BCUT2D eigenvalue weighted by molar-refractivity contribution is 7.99. The van der Waals surface area contributed by atoms with Crippen molar-refractivity contribution in [1.29, 1.82) is 0 Å². The lowest BCUT2D eigenvalue weighted by Gasteiger charge is -2.12. The number of rotatable bonds is 7. The summed E-state index contributed by atoms with van der Waals surface area (Å²) in [5.41, 5.74) is 4.88. The fourth-order valence-electron chi connectivity index (χ4n) is 3.20. The largest absolute Gasteiger partial charge is 0.324 e. The molecule has 0 aliphatic heterocycles. The van der Waals surface area contributed by atoms with E-state index >= 15 is 0 Å². The maximum absolute atomic E-state index is 12.5. The number of carbonyl (C=O) groups excluding carboxylic acids is 1. The molecule has 3 aromatic rings. The van der Waals surface area contributed by atoms with Crippen LogP contribution >= 0.6 is 23.4 Å². The van der Waals surface area contributed by atoms with E-state index in [9.17, 15) is 4.79 Å². The number of aromatic nitrogens is 3. The highest BCUT2D eigenvalue weighted by Gasteiger charge is 2.16. The number of anilines is 1. The molecule has 1 aromatic heterocycles. The van der Waals surface area contributed by atoms with Crippen molar-refractivity contribution in [1.82, 2.24) is 14.8 Å². The summed E-state index contributed by atoms with van der Waals surface area (Å²) in [6, 6.07) is 12.1. The van der Waals surface area contributed by atoms with E-state index in [4.69, 9.17) is 11.6 Å². The van der Waals surface area contributed by atoms with Gasteiger partial charge in [0.15, 0.2) is 11.0 Å². The Morgan fingerprint density at radius 3 is 2.62 bits per heavy atom. The number of nitrogens with one attached hydrogen (secondary N) is 1. The number of nitrogens with zero attached hydrogens (tertiary/aromatic N) is 3. The van der Waals surface area contributed by atoms with Gasteiger partial charge in [0.2, 0.25) is 5.91 Å². The van der Waals surface area contributed by atoms with Gasteiger partial charge < -0.3 is 9.88 Å². The number of hydrogen-bond donors (Lipinski definition) is 1. The molecule has 5 nitrogen and oxygen atoms in total. The lowest BCUT2D eigenvalue weighted by molar-refractivity contribution is -0.113. The second-order valence-corrected chi connectivity index (χ2v) is 8.45. The zero-order valence-corrected chi connectivity index (χ0v) is 18.7. The Labute approximate surface area is 180 Å². The maximum Gasteiger partial charge on any atom is 0.234 e. The standard InChI is InChI=1S/C22H25ClN4OS/c1-5-9-27-21(17-8-6-7-14(2)11-17)25-26-22(27)29-13-19(28)24-20-16(4)10-15(3)12-18(20)23/h6-8,10-12H,5,9,13H2,1-4H3,(H,24,28). The van der Waals surface area contributed by atoms with Gasteiger partial charge in [-0.15, -0.1) is 10.2 Å². The van der Waals surface area contributed by atoms with E-state index in [1.165, 1.54) is 17.3 Å². The molecule has 0 aliphatic rings. The third kappa shape index (κ3) is 5.19. The van der Waals surface area contributed by atoms with Crippen molar-refractivity contribution in [2.75, 3.05) is 11.1 Å². The molecule has 1 N–H and O–H groups in total. The Kier molecular flexibility index (Phi) is 6.98. The average molecular weight is 429 g/mol. The molecule has 0 fully saturated rings. The summed E-state index contributed by atoms with van der Waals surface area (Å²) in [6.07, 6.45) is 0.953. The SMILES string of the molecule is CCCn1c(SCC(=O)Nc2c(C)cc(C)cc2Cl)nnc1-c1cccc(C)c1. The van der Waals surface area contributed by atoms with E-state index in [0.29, 0.717) is 10.7 Å². The molecule has 2 aromatic carbocycles. The van der Waals surface area contributed by atoms with Gasteiger partial charge in [-0.05, 0) is 50.5 Å². The Morgan fingerprint density at radius 2 is 1.93 bits per heavy atom. The quantitative estimate of drug-likeness (QED) is 0.493. The minimum atomic E-state index is -0.119. The number of hydrogen-bond acceptors (Lipinski definition) is 4. The van der Waals surface area contributed by atoms with Gasteiger partial charge >= 0.3 is 0 Å². The number of benzene rings is 2. The van der Waals surface area contributed by atoms with Gasteiger partial charge in [0, 0.05) is 12.1 Å². The molecule has 3 rings (SSSR count). The first-order valence-electron chi connectivity index (χ1n) is 9.58. The van der Waals surface area contributed by atoms with Gasteiger partial charge in [-0.25, -0.2) is 0 Å². The summed E-state index contributed by atoms with van der Waals surface area (Å²) in [4.78, 5) is 12.5. The number of aryl methyl sites for hydroxylation is 3. The molecule has 0 spiro atoms. The average Bonchev–Trinajstić information content (AvgIpc) is 3.06. The summed E-state index contributed by atoms with van der Waals surface area (Å²) in [6.45, 7) is 8.88. The predicted octanol–water partition coefficient (Wildman–Crippen LogP) is 5.66. The fourth-order valence-corrected chi connectivity index (χ4v) is 4.33. The van der Waals surface area contributed by atoms with Crippen molar-refractivity contribution in [3.63, 3.8) is 0 Å². The highest BCUT2D eigenvalue weighted by Crippen LogP contribution is 2.28. The van der Waals surface area contributed by atoms with Crippen LogP contribution in [-0.4, -0.2) is 26.4 Å². The maximum atomic E-state index is 12.5. The van der Waals surface area contributed by atoms with Crippen molar-refractivity contribution in [3.05, 3.63) is 58.1 Å². The fraction of sp³-hybridized carbons (Fsp3) is 0.318. The van der Waals surface area contributed by atoms with E-state index in [1.807, 2.05) is 38.1 Å². The molecule has 0 saturated heterocycles. The van der Waals surface area contributed by atoms with E-state index in [1.54, 1.807) is 0 Å². The normalized spacial score (nSPS) is 10.9. The van der Waals surface area contributed by atoms with Crippen molar-refractivity contribution in [2.24, 2.45) is 0 Å². The molecule has 152 valence electrons. The summed E-state index contributed by atoms with van der Waals surface area (Å²) in [5.74, 6) is 0.946. The van der Waals surface area contributed by atoms with E-state index in [2.05, 4.69) is 46.1 Å². The van der Waals surface area contributed by atoms with Crippen LogP contribution in [0.2, 0.25) is 5.02 Å². The number of halogens is 1. The molecule has 0 bridgehead atoms. The monoisotopic (exact) mass is 428 g/mol. The third-order valence-electron chi connectivity index (χ3n) is 4.47. The third-order valence-corrected chi connectivity index (χ3v) is 5.73. The summed E-state index contributed by atoms with van der Waals surface area (Å²) < 4.78 is 2.08. The van der Waals surface area contributed by atoms with Crippen molar-refractivity contribution in [2.45, 2.75) is 45.8 Å².